The van der Waals surface area contributed by atoms with Crippen LogP contribution in [0.15, 0.2) is 6.20 Å². The van der Waals surface area contributed by atoms with Crippen LogP contribution < -0.4 is 5.73 Å². The third-order valence-electron chi connectivity index (χ3n) is 1.47. The number of nitrogens with two attached hydrogens (primary N) is 1. The number of nitrogens with zero attached hydrogens (tertiary/aromatic N) is 1. The number of pyridine rings is 1. The van der Waals surface area contributed by atoms with Crippen LogP contribution in [0.4, 0.5) is 19.0 Å². The summed E-state index contributed by atoms with van der Waals surface area (Å²) in [5.74, 6) is -1.43. The molecule has 0 radical (unpaired) electrons. The molecule has 0 aliphatic carbocycles. The molecule has 0 saturated heterocycles. The molecule has 0 atom stereocenters. The summed E-state index contributed by atoms with van der Waals surface area (Å²) in [6.07, 6.45) is -1.80. The van der Waals surface area contributed by atoms with E-state index in [2.05, 4.69) is 4.98 Å². The van der Waals surface area contributed by atoms with Crippen molar-refractivity contribution in [2.24, 2.45) is 0 Å². The van der Waals surface area contributed by atoms with E-state index in [1.807, 2.05) is 0 Å². The van der Waals surface area contributed by atoms with Gasteiger partial charge < -0.3 is 5.73 Å². The Morgan fingerprint density at radius 1 is 1.50 bits per heavy atom. The molecule has 1 aromatic heterocycles. The van der Waals surface area contributed by atoms with Crippen molar-refractivity contribution in [3.8, 4) is 0 Å². The van der Waals surface area contributed by atoms with Gasteiger partial charge in [0.25, 0.3) is 6.43 Å². The number of anilines is 1. The van der Waals surface area contributed by atoms with Crippen molar-refractivity contribution in [3.63, 3.8) is 0 Å². The molecule has 12 heavy (non-hydrogen) atoms. The maximum atomic E-state index is 12.9. The van der Waals surface area contributed by atoms with Crippen molar-refractivity contribution in [1.82, 2.24) is 4.98 Å². The third-order valence-corrected chi connectivity index (χ3v) is 1.47. The second-order valence-electron chi connectivity index (χ2n) is 2.35. The Bertz CT molecular complexity index is 299. The predicted octanol–water partition coefficient (Wildman–Crippen LogP) is 2.05. The van der Waals surface area contributed by atoms with E-state index >= 15 is 0 Å². The summed E-state index contributed by atoms with van der Waals surface area (Å²) in [7, 11) is 0. The lowest BCUT2D eigenvalue weighted by molar-refractivity contribution is 0.146. The molecule has 2 nitrogen and oxygen atoms in total. The van der Waals surface area contributed by atoms with Crippen LogP contribution in [0, 0.1) is 12.7 Å². The fraction of sp³-hybridized carbons (Fsp3) is 0.286. The molecule has 0 bridgehead atoms. The van der Waals surface area contributed by atoms with Crippen LogP contribution in [-0.4, -0.2) is 4.98 Å². The molecule has 66 valence electrons. The second kappa shape index (κ2) is 3.00. The Kier molecular flexibility index (Phi) is 2.21. The zero-order chi connectivity index (χ0) is 9.30. The molecule has 0 aliphatic rings. The van der Waals surface area contributed by atoms with E-state index in [-0.39, 0.29) is 5.56 Å². The first-order chi connectivity index (χ1) is 5.54. The summed E-state index contributed by atoms with van der Waals surface area (Å²) in [4.78, 5) is 3.42. The minimum Gasteiger partial charge on any atom is -0.383 e. The molecule has 1 aromatic rings. The first kappa shape index (κ1) is 8.83. The SMILES string of the molecule is Cc1cnc(N)c(C(F)F)c1F. The summed E-state index contributed by atoms with van der Waals surface area (Å²) in [6.45, 7) is 1.35. The molecule has 0 spiro atoms. The van der Waals surface area contributed by atoms with E-state index in [9.17, 15) is 13.2 Å². The Morgan fingerprint density at radius 2 is 2.08 bits per heavy atom. The Labute approximate surface area is 67.2 Å². The van der Waals surface area contributed by atoms with Gasteiger partial charge in [0.15, 0.2) is 0 Å². The van der Waals surface area contributed by atoms with Gasteiger partial charge in [0.2, 0.25) is 0 Å². The summed E-state index contributed by atoms with van der Waals surface area (Å²) < 4.78 is 37.1. The van der Waals surface area contributed by atoms with Crippen LogP contribution in [0.5, 0.6) is 0 Å². The lowest BCUT2D eigenvalue weighted by Gasteiger charge is -2.06. The van der Waals surface area contributed by atoms with Crippen molar-refractivity contribution in [1.29, 1.82) is 0 Å². The van der Waals surface area contributed by atoms with Gasteiger partial charge in [0.05, 0.1) is 5.56 Å². The lowest BCUT2D eigenvalue weighted by atomic mass is 10.2. The van der Waals surface area contributed by atoms with Crippen molar-refractivity contribution in [2.75, 3.05) is 5.73 Å². The van der Waals surface area contributed by atoms with Crippen LogP contribution in [-0.2, 0) is 0 Å². The zero-order valence-electron chi connectivity index (χ0n) is 6.31. The monoisotopic (exact) mass is 176 g/mol. The fourth-order valence-electron chi connectivity index (χ4n) is 0.825. The largest absolute Gasteiger partial charge is 0.383 e. The minimum atomic E-state index is -2.92. The number of aromatic nitrogens is 1. The molecule has 0 aliphatic heterocycles. The normalized spacial score (nSPS) is 10.8. The summed E-state index contributed by atoms with van der Waals surface area (Å²) in [5.41, 5.74) is 4.32. The molecule has 0 amide bonds. The highest BCUT2D eigenvalue weighted by molar-refractivity contribution is 5.42. The van der Waals surface area contributed by atoms with Gasteiger partial charge in [-0.2, -0.15) is 0 Å². The summed E-state index contributed by atoms with van der Waals surface area (Å²) in [6, 6.07) is 0. The van der Waals surface area contributed by atoms with Crippen LogP contribution in [0.3, 0.4) is 0 Å². The van der Waals surface area contributed by atoms with Crippen molar-refractivity contribution < 1.29 is 13.2 Å². The molecule has 1 rings (SSSR count). The van der Waals surface area contributed by atoms with E-state index in [1.54, 1.807) is 0 Å². The summed E-state index contributed by atoms with van der Waals surface area (Å²) >= 11 is 0. The number of nitrogen functional groups attached to an aromatic ring is 1. The lowest BCUT2D eigenvalue weighted by Crippen LogP contribution is -2.03. The van der Waals surface area contributed by atoms with Crippen LogP contribution in [0.25, 0.3) is 0 Å². The standard InChI is InChI=1S/C7H7F3N2/c1-3-2-12-7(11)4(5(3)8)6(9)10/h2,6H,1H3,(H2,11,12). The van der Waals surface area contributed by atoms with Gasteiger partial charge in [-0.05, 0) is 6.92 Å². The van der Waals surface area contributed by atoms with Crippen molar-refractivity contribution >= 4 is 5.82 Å². The Hall–Kier alpha value is -1.26. The molecular formula is C7H7F3N2. The number of aryl methyl sites for hydroxylation is 1. The zero-order valence-corrected chi connectivity index (χ0v) is 6.31. The Morgan fingerprint density at radius 3 is 2.50 bits per heavy atom. The highest BCUT2D eigenvalue weighted by Gasteiger charge is 2.19. The quantitative estimate of drug-likeness (QED) is 0.711. The molecule has 2 N–H and O–H groups in total. The molecule has 1 heterocycles. The van der Waals surface area contributed by atoms with Gasteiger partial charge in [0, 0.05) is 11.8 Å². The van der Waals surface area contributed by atoms with Gasteiger partial charge >= 0.3 is 0 Å². The third kappa shape index (κ3) is 1.34. The van der Waals surface area contributed by atoms with E-state index in [0.29, 0.717) is 0 Å². The summed E-state index contributed by atoms with van der Waals surface area (Å²) in [5, 5.41) is 0. The molecule has 0 aromatic carbocycles. The number of hydrogen-bond donors (Lipinski definition) is 1. The maximum absolute atomic E-state index is 12.9. The number of hydrogen-bond acceptors (Lipinski definition) is 2. The van der Waals surface area contributed by atoms with E-state index in [4.69, 9.17) is 5.73 Å². The first-order valence-corrected chi connectivity index (χ1v) is 3.22. The molecule has 5 heteroatoms. The number of alkyl halides is 2. The minimum absolute atomic E-state index is 0.0690. The van der Waals surface area contributed by atoms with Crippen LogP contribution in [0.1, 0.15) is 17.6 Å². The topological polar surface area (TPSA) is 38.9 Å². The number of halogens is 3. The van der Waals surface area contributed by atoms with Gasteiger partial charge in [0.1, 0.15) is 11.6 Å². The second-order valence-corrected chi connectivity index (χ2v) is 2.35. The van der Waals surface area contributed by atoms with Crippen LogP contribution in [0.2, 0.25) is 0 Å². The maximum Gasteiger partial charge on any atom is 0.270 e. The first-order valence-electron chi connectivity index (χ1n) is 3.22. The molecule has 0 saturated carbocycles. The molecule has 0 unspecified atom stereocenters. The van der Waals surface area contributed by atoms with Crippen LogP contribution >= 0.6 is 0 Å². The smallest absolute Gasteiger partial charge is 0.270 e. The van der Waals surface area contributed by atoms with E-state index < -0.39 is 23.6 Å². The van der Waals surface area contributed by atoms with E-state index in [0.717, 1.165) is 6.20 Å². The highest BCUT2D eigenvalue weighted by Crippen LogP contribution is 2.27. The van der Waals surface area contributed by atoms with Gasteiger partial charge in [-0.25, -0.2) is 18.2 Å². The molecular weight excluding hydrogens is 169 g/mol. The average Bonchev–Trinajstić information content (AvgIpc) is 1.97. The highest BCUT2D eigenvalue weighted by atomic mass is 19.3. The van der Waals surface area contributed by atoms with E-state index in [1.165, 1.54) is 6.92 Å². The molecule has 0 fully saturated rings. The van der Waals surface area contributed by atoms with Gasteiger partial charge in [-0.3, -0.25) is 0 Å². The van der Waals surface area contributed by atoms with Gasteiger partial charge in [-0.1, -0.05) is 0 Å². The Balaban J connectivity index is 3.33. The number of rotatable bonds is 1. The fourth-order valence-corrected chi connectivity index (χ4v) is 0.825. The van der Waals surface area contributed by atoms with Gasteiger partial charge in [-0.15, -0.1) is 0 Å². The average molecular weight is 176 g/mol. The van der Waals surface area contributed by atoms with Crippen molar-refractivity contribution in [3.05, 3.63) is 23.1 Å². The predicted molar refractivity (Wildman–Crippen MR) is 38.3 cm³/mol. The van der Waals surface area contributed by atoms with Crippen molar-refractivity contribution in [2.45, 2.75) is 13.3 Å².